The number of carbonyl (C=O) groups is 1. The Balaban J connectivity index is 0.00000294. The van der Waals surface area contributed by atoms with Crippen molar-refractivity contribution >= 4 is 15.9 Å². The number of nitrogens with one attached hydrogen (secondary N) is 1. The number of sulfonamides is 1. The maximum Gasteiger partial charge on any atom is 0.281 e. The van der Waals surface area contributed by atoms with Crippen LogP contribution in [0.3, 0.4) is 0 Å². The summed E-state index contributed by atoms with van der Waals surface area (Å²) in [7, 11) is -1.17. The summed E-state index contributed by atoms with van der Waals surface area (Å²) in [5, 5.41) is -0.265. The molecule has 39 heavy (non-hydrogen) atoms. The zero-order valence-electron chi connectivity index (χ0n) is 22.5. The number of nitrogens with zero attached hydrogens (tertiary/aromatic N) is 2. The molecule has 0 fully saturated rings. The van der Waals surface area contributed by atoms with Crippen molar-refractivity contribution in [1.29, 1.82) is 0 Å². The Bertz CT molecular complexity index is 1660. The zero-order chi connectivity index (χ0) is 28.3. The van der Waals surface area contributed by atoms with Crippen LogP contribution in [0.1, 0.15) is 35.6 Å². The van der Waals surface area contributed by atoms with Crippen molar-refractivity contribution in [1.82, 2.24) is 14.7 Å². The highest BCUT2D eigenvalue weighted by atomic mass is 32.2. The summed E-state index contributed by atoms with van der Waals surface area (Å²) in [5.41, 5.74) is 4.34. The van der Waals surface area contributed by atoms with Crippen LogP contribution in [-0.4, -0.2) is 38.5 Å². The van der Waals surface area contributed by atoms with E-state index in [1.54, 1.807) is 50.4 Å². The number of aryl methyl sites for hydroxylation is 4. The van der Waals surface area contributed by atoms with E-state index in [1.807, 2.05) is 32.9 Å². The molecule has 4 aromatic rings. The molecular formula is C29H33N3O6S. The second-order valence-electron chi connectivity index (χ2n) is 9.00. The number of hydrogen-bond donors (Lipinski definition) is 1. The van der Waals surface area contributed by atoms with Gasteiger partial charge in [-0.25, -0.2) is 14.7 Å². The van der Waals surface area contributed by atoms with Crippen molar-refractivity contribution in [3.05, 3.63) is 88.6 Å². The van der Waals surface area contributed by atoms with Gasteiger partial charge in [-0.15, -0.1) is 0 Å². The van der Waals surface area contributed by atoms with E-state index in [1.165, 1.54) is 19.2 Å². The number of pyridine rings is 2. The average Bonchev–Trinajstić information content (AvgIpc) is 2.89. The molecule has 0 saturated carbocycles. The zero-order valence-corrected chi connectivity index (χ0v) is 23.3. The Labute approximate surface area is 230 Å². The van der Waals surface area contributed by atoms with E-state index < -0.39 is 15.9 Å². The van der Waals surface area contributed by atoms with Crippen LogP contribution in [0, 0.1) is 27.7 Å². The molecule has 9 nitrogen and oxygen atoms in total. The first kappa shape index (κ1) is 27.6. The lowest BCUT2D eigenvalue weighted by Crippen LogP contribution is -2.31. The molecular weight excluding hydrogens is 518 g/mol. The van der Waals surface area contributed by atoms with Gasteiger partial charge in [-0.2, -0.15) is 8.42 Å². The molecule has 0 aliphatic heterocycles. The molecule has 0 bridgehead atoms. The van der Waals surface area contributed by atoms with Crippen LogP contribution < -0.4 is 18.9 Å². The summed E-state index contributed by atoms with van der Waals surface area (Å²) in [6.07, 6.45) is 0. The van der Waals surface area contributed by atoms with Crippen molar-refractivity contribution in [2.45, 2.75) is 32.7 Å². The largest absolute Gasteiger partial charge is 0.493 e. The number of hydrogen-bond acceptors (Lipinski definition) is 8. The lowest BCUT2D eigenvalue weighted by atomic mass is 10.1. The maximum absolute atomic E-state index is 13.3. The van der Waals surface area contributed by atoms with Crippen LogP contribution in [0.5, 0.6) is 23.1 Å². The fraction of sp³-hybridized carbons (Fsp3) is 0.207. The minimum atomic E-state index is -4.25. The van der Waals surface area contributed by atoms with Crippen LogP contribution in [0.4, 0.5) is 0 Å². The SMILES string of the molecule is COc1ccc(-c2ccc(C(=O)NS(=O)(=O)c3cccc(C)n3)c(Oc3c(C)cc(C)cc3C)n2)cc1OC.[HH].[HH]. The van der Waals surface area contributed by atoms with Gasteiger partial charge in [0.15, 0.2) is 16.5 Å². The molecule has 0 aliphatic rings. The van der Waals surface area contributed by atoms with Crippen LogP contribution in [-0.2, 0) is 10.0 Å². The molecule has 0 atom stereocenters. The Morgan fingerprint density at radius 1 is 0.846 bits per heavy atom. The molecule has 0 unspecified atom stereocenters. The minimum absolute atomic E-state index is 0. The number of methoxy groups -OCH3 is 2. The molecule has 4 rings (SSSR count). The maximum atomic E-state index is 13.3. The van der Waals surface area contributed by atoms with Gasteiger partial charge in [-0.1, -0.05) is 23.8 Å². The summed E-state index contributed by atoms with van der Waals surface area (Å²) in [6, 6.07) is 16.8. The number of aromatic nitrogens is 2. The Morgan fingerprint density at radius 3 is 2.18 bits per heavy atom. The molecule has 0 saturated heterocycles. The molecule has 1 amide bonds. The Kier molecular flexibility index (Phi) is 7.87. The third-order valence-corrected chi connectivity index (χ3v) is 7.18. The molecule has 206 valence electrons. The van der Waals surface area contributed by atoms with Crippen LogP contribution in [0.25, 0.3) is 11.3 Å². The number of carbonyl (C=O) groups excluding carboxylic acids is 1. The monoisotopic (exact) mass is 551 g/mol. The molecule has 2 heterocycles. The predicted octanol–water partition coefficient (Wildman–Crippen LogP) is 5.80. The molecule has 10 heteroatoms. The summed E-state index contributed by atoms with van der Waals surface area (Å²) in [5.74, 6) is 0.622. The van der Waals surface area contributed by atoms with Gasteiger partial charge in [0.05, 0.1) is 19.9 Å². The molecule has 0 radical (unpaired) electrons. The summed E-state index contributed by atoms with van der Waals surface area (Å²) in [4.78, 5) is 22.0. The predicted molar refractivity (Wildman–Crippen MR) is 151 cm³/mol. The third kappa shape index (κ3) is 6.01. The van der Waals surface area contributed by atoms with E-state index in [2.05, 4.69) is 14.7 Å². The molecule has 0 aliphatic carbocycles. The van der Waals surface area contributed by atoms with E-state index in [4.69, 9.17) is 14.2 Å². The topological polar surface area (TPSA) is 117 Å². The highest BCUT2D eigenvalue weighted by Crippen LogP contribution is 2.35. The van der Waals surface area contributed by atoms with Crippen molar-refractivity contribution in [2.24, 2.45) is 0 Å². The van der Waals surface area contributed by atoms with Gasteiger partial charge in [0.1, 0.15) is 11.3 Å². The quantitative estimate of drug-likeness (QED) is 0.292. The van der Waals surface area contributed by atoms with Gasteiger partial charge in [0.25, 0.3) is 15.9 Å². The summed E-state index contributed by atoms with van der Waals surface area (Å²) in [6.45, 7) is 7.42. The van der Waals surface area contributed by atoms with Gasteiger partial charge >= 0.3 is 0 Å². The first-order valence-corrected chi connectivity index (χ1v) is 13.5. The van der Waals surface area contributed by atoms with Crippen molar-refractivity contribution in [2.75, 3.05) is 14.2 Å². The van der Waals surface area contributed by atoms with E-state index in [9.17, 15) is 13.2 Å². The summed E-state index contributed by atoms with van der Waals surface area (Å²) >= 11 is 0. The highest BCUT2D eigenvalue weighted by Gasteiger charge is 2.25. The number of ether oxygens (including phenoxy) is 3. The first-order chi connectivity index (χ1) is 18.5. The van der Waals surface area contributed by atoms with E-state index in [0.29, 0.717) is 34.2 Å². The number of rotatable bonds is 8. The standard InChI is InChI=1S/C29H29N3O6S.2H2/c1-17-14-18(2)27(19(3)15-17)38-29-22(28(33)32-39(34,35)26-9-7-8-20(4)30-26)11-12-23(31-29)21-10-13-24(36-5)25(16-21)37-6;;/h7-16H,1-6H3,(H,32,33);2*1H. The van der Waals surface area contributed by atoms with Crippen molar-refractivity contribution in [3.8, 4) is 34.4 Å². The highest BCUT2D eigenvalue weighted by molar-refractivity contribution is 7.90. The summed E-state index contributed by atoms with van der Waals surface area (Å²) < 4.78 is 44.9. The fourth-order valence-electron chi connectivity index (χ4n) is 4.17. The molecule has 2 aromatic heterocycles. The van der Waals surface area contributed by atoms with Crippen molar-refractivity contribution < 1.29 is 30.3 Å². The Morgan fingerprint density at radius 2 is 1.54 bits per heavy atom. The Hall–Kier alpha value is -4.44. The van der Waals surface area contributed by atoms with Crippen LogP contribution >= 0.6 is 0 Å². The van der Waals surface area contributed by atoms with Crippen LogP contribution in [0.15, 0.2) is 65.7 Å². The fourth-order valence-corrected chi connectivity index (χ4v) is 5.15. The minimum Gasteiger partial charge on any atom is -0.493 e. The average molecular weight is 552 g/mol. The number of benzene rings is 2. The van der Waals surface area contributed by atoms with E-state index in [-0.39, 0.29) is 19.3 Å². The molecule has 2 aromatic carbocycles. The lowest BCUT2D eigenvalue weighted by molar-refractivity contribution is 0.0978. The second-order valence-corrected chi connectivity index (χ2v) is 10.6. The van der Waals surface area contributed by atoms with Crippen LogP contribution in [0.2, 0.25) is 0 Å². The molecule has 1 N–H and O–H groups in total. The third-order valence-electron chi connectivity index (χ3n) is 5.95. The second kappa shape index (κ2) is 11.1. The lowest BCUT2D eigenvalue weighted by Gasteiger charge is -2.16. The van der Waals surface area contributed by atoms with Crippen molar-refractivity contribution in [3.63, 3.8) is 0 Å². The molecule has 0 spiro atoms. The normalized spacial score (nSPS) is 11.1. The van der Waals surface area contributed by atoms with E-state index >= 15 is 0 Å². The van der Waals surface area contributed by atoms with Gasteiger partial charge in [0.2, 0.25) is 5.88 Å². The van der Waals surface area contributed by atoms with Gasteiger partial charge in [-0.3, -0.25) is 4.79 Å². The first-order valence-electron chi connectivity index (χ1n) is 12.0. The number of amides is 1. The van der Waals surface area contributed by atoms with Gasteiger partial charge in [0, 0.05) is 14.1 Å². The van der Waals surface area contributed by atoms with Gasteiger partial charge in [-0.05, 0) is 81.3 Å². The van der Waals surface area contributed by atoms with Gasteiger partial charge < -0.3 is 14.2 Å². The van der Waals surface area contributed by atoms with E-state index in [0.717, 1.165) is 16.7 Å². The smallest absolute Gasteiger partial charge is 0.281 e.